The summed E-state index contributed by atoms with van der Waals surface area (Å²) in [7, 11) is 1.54. The minimum absolute atomic E-state index is 0.435. The Bertz CT molecular complexity index is 487. The monoisotopic (exact) mass is 265 g/mol. The van der Waals surface area contributed by atoms with Crippen LogP contribution in [0.2, 0.25) is 0 Å². The Morgan fingerprint density at radius 1 is 1.33 bits per heavy atom. The Hall–Kier alpha value is -1.49. The molecule has 1 aromatic rings. The molecule has 0 fully saturated rings. The van der Waals surface area contributed by atoms with Gasteiger partial charge in [-0.05, 0) is 24.0 Å². The van der Waals surface area contributed by atoms with Crippen molar-refractivity contribution in [3.8, 4) is 5.75 Å². The fraction of sp³-hybridized carbons (Fsp3) is 0.385. The molecule has 0 unspecified atom stereocenters. The molecule has 96 valence electrons. The van der Waals surface area contributed by atoms with Crippen LogP contribution >= 0.6 is 11.8 Å². The summed E-state index contributed by atoms with van der Waals surface area (Å²) in [6.45, 7) is 2.64. The Morgan fingerprint density at radius 2 is 2.11 bits per heavy atom. The lowest BCUT2D eigenvalue weighted by molar-refractivity contribution is -0.114. The second-order valence-corrected chi connectivity index (χ2v) is 5.26. The Labute approximate surface area is 110 Å². The number of thioether (sulfide) groups is 1. The van der Waals surface area contributed by atoms with Gasteiger partial charge in [-0.2, -0.15) is 11.8 Å². The first-order valence-corrected chi connectivity index (χ1v) is 6.96. The molecule has 0 saturated carbocycles. The molecule has 0 spiro atoms. The zero-order valence-corrected chi connectivity index (χ0v) is 11.3. The number of amides is 1. The van der Waals surface area contributed by atoms with Crippen molar-refractivity contribution in [3.05, 3.63) is 23.8 Å². The molecule has 0 radical (unpaired) electrons. The van der Waals surface area contributed by atoms with Crippen LogP contribution in [0.25, 0.3) is 0 Å². The van der Waals surface area contributed by atoms with Crippen LogP contribution < -0.4 is 9.64 Å². The fourth-order valence-electron chi connectivity index (χ4n) is 1.93. The molecule has 1 aliphatic rings. The van der Waals surface area contributed by atoms with Gasteiger partial charge in [-0.25, -0.2) is 0 Å². The van der Waals surface area contributed by atoms with Crippen molar-refractivity contribution in [1.29, 1.82) is 0 Å². The van der Waals surface area contributed by atoms with Crippen molar-refractivity contribution in [2.75, 3.05) is 30.1 Å². The lowest BCUT2D eigenvalue weighted by Crippen LogP contribution is -2.31. The number of hydrogen-bond donors (Lipinski definition) is 0. The first-order chi connectivity index (χ1) is 8.69. The van der Waals surface area contributed by atoms with Gasteiger partial charge in [0.25, 0.3) is 11.7 Å². The maximum absolute atomic E-state index is 11.9. The van der Waals surface area contributed by atoms with E-state index >= 15 is 0 Å². The zero-order valence-electron chi connectivity index (χ0n) is 10.4. The van der Waals surface area contributed by atoms with E-state index in [2.05, 4.69) is 6.92 Å². The summed E-state index contributed by atoms with van der Waals surface area (Å²) in [6.07, 6.45) is 0. The predicted molar refractivity (Wildman–Crippen MR) is 72.7 cm³/mol. The number of carbonyl (C=O) groups excluding carboxylic acids is 2. The summed E-state index contributed by atoms with van der Waals surface area (Å²) in [6, 6.07) is 5.17. The normalized spacial score (nSPS) is 14.0. The van der Waals surface area contributed by atoms with E-state index in [1.54, 1.807) is 42.0 Å². The lowest BCUT2D eigenvalue weighted by Gasteiger charge is -2.16. The zero-order chi connectivity index (χ0) is 13.1. The first-order valence-electron chi connectivity index (χ1n) is 5.81. The molecule has 4 nitrogen and oxygen atoms in total. The number of anilines is 1. The number of rotatable bonds is 5. The highest BCUT2D eigenvalue weighted by atomic mass is 32.2. The molecule has 1 aliphatic heterocycles. The van der Waals surface area contributed by atoms with E-state index < -0.39 is 11.7 Å². The SMILES string of the molecule is CCSCCN1C(=O)C(=O)c2cc(OC)ccc21. The van der Waals surface area contributed by atoms with Crippen LogP contribution in [0, 0.1) is 0 Å². The van der Waals surface area contributed by atoms with E-state index in [1.165, 1.54) is 0 Å². The number of Topliss-reactive ketones (excluding diaryl/α,β-unsaturated/α-hetero) is 1. The van der Waals surface area contributed by atoms with Crippen molar-refractivity contribution in [3.63, 3.8) is 0 Å². The summed E-state index contributed by atoms with van der Waals surface area (Å²) < 4.78 is 5.07. The number of fused-ring (bicyclic) bond motifs is 1. The molecule has 0 saturated heterocycles. The van der Waals surface area contributed by atoms with Crippen LogP contribution in [0.15, 0.2) is 18.2 Å². The number of hydrogen-bond acceptors (Lipinski definition) is 4. The fourth-order valence-corrected chi connectivity index (χ4v) is 2.53. The van der Waals surface area contributed by atoms with Gasteiger partial charge in [0.1, 0.15) is 5.75 Å². The topological polar surface area (TPSA) is 46.6 Å². The highest BCUT2D eigenvalue weighted by Crippen LogP contribution is 2.32. The Kier molecular flexibility index (Phi) is 3.91. The van der Waals surface area contributed by atoms with Crippen LogP contribution in [0.1, 0.15) is 17.3 Å². The summed E-state index contributed by atoms with van der Waals surface area (Å²) >= 11 is 1.75. The van der Waals surface area contributed by atoms with Gasteiger partial charge in [0.2, 0.25) is 0 Å². The van der Waals surface area contributed by atoms with Gasteiger partial charge in [-0.3, -0.25) is 9.59 Å². The average Bonchev–Trinajstić information content (AvgIpc) is 2.63. The second kappa shape index (κ2) is 5.44. The molecule has 0 atom stereocenters. The van der Waals surface area contributed by atoms with Crippen molar-refractivity contribution in [2.45, 2.75) is 6.92 Å². The number of ketones is 1. The minimum Gasteiger partial charge on any atom is -0.497 e. The third kappa shape index (κ3) is 2.22. The van der Waals surface area contributed by atoms with Gasteiger partial charge in [0.05, 0.1) is 18.4 Å². The van der Waals surface area contributed by atoms with Gasteiger partial charge >= 0.3 is 0 Å². The van der Waals surface area contributed by atoms with E-state index in [1.807, 2.05) is 0 Å². The molecular formula is C13H15NO3S. The molecule has 0 bridgehead atoms. The third-order valence-corrected chi connectivity index (χ3v) is 3.72. The molecular weight excluding hydrogens is 250 g/mol. The number of methoxy groups -OCH3 is 1. The van der Waals surface area contributed by atoms with Crippen LogP contribution in [-0.2, 0) is 4.79 Å². The summed E-state index contributed by atoms with van der Waals surface area (Å²) in [5, 5.41) is 0. The quantitative estimate of drug-likeness (QED) is 0.603. The average molecular weight is 265 g/mol. The van der Waals surface area contributed by atoms with Gasteiger partial charge in [-0.15, -0.1) is 0 Å². The lowest BCUT2D eigenvalue weighted by atomic mass is 10.1. The Morgan fingerprint density at radius 3 is 2.78 bits per heavy atom. The van der Waals surface area contributed by atoms with Crippen LogP contribution in [0.3, 0.4) is 0 Å². The van der Waals surface area contributed by atoms with Crippen molar-refractivity contribution in [2.24, 2.45) is 0 Å². The maximum Gasteiger partial charge on any atom is 0.299 e. The Balaban J connectivity index is 2.26. The maximum atomic E-state index is 11.9. The van der Waals surface area contributed by atoms with E-state index in [4.69, 9.17) is 4.74 Å². The van der Waals surface area contributed by atoms with E-state index in [9.17, 15) is 9.59 Å². The number of nitrogens with zero attached hydrogens (tertiary/aromatic N) is 1. The van der Waals surface area contributed by atoms with E-state index in [-0.39, 0.29) is 0 Å². The second-order valence-electron chi connectivity index (χ2n) is 3.87. The van der Waals surface area contributed by atoms with Gasteiger partial charge in [-0.1, -0.05) is 6.92 Å². The van der Waals surface area contributed by atoms with Gasteiger partial charge in [0.15, 0.2) is 0 Å². The third-order valence-electron chi connectivity index (χ3n) is 2.84. The number of ether oxygens (including phenoxy) is 1. The highest BCUT2D eigenvalue weighted by Gasteiger charge is 2.35. The first kappa shape index (κ1) is 13.0. The smallest absolute Gasteiger partial charge is 0.299 e. The standard InChI is InChI=1S/C13H15NO3S/c1-3-18-7-6-14-11-5-4-9(17-2)8-10(11)12(15)13(14)16/h4-5,8H,3,6-7H2,1-2H3. The predicted octanol–water partition coefficient (Wildman–Crippen LogP) is 1.98. The number of carbonyl (C=O) groups is 2. The van der Waals surface area contributed by atoms with Crippen LogP contribution in [0.4, 0.5) is 5.69 Å². The summed E-state index contributed by atoms with van der Waals surface area (Å²) in [4.78, 5) is 25.3. The molecule has 1 amide bonds. The van der Waals surface area contributed by atoms with Crippen LogP contribution in [-0.4, -0.2) is 36.9 Å². The van der Waals surface area contributed by atoms with Crippen molar-refractivity contribution < 1.29 is 14.3 Å². The van der Waals surface area contributed by atoms with Gasteiger partial charge in [0, 0.05) is 12.3 Å². The number of benzene rings is 1. The molecule has 1 aromatic carbocycles. The molecule has 2 rings (SSSR count). The molecule has 0 aromatic heterocycles. The highest BCUT2D eigenvalue weighted by molar-refractivity contribution is 7.99. The largest absolute Gasteiger partial charge is 0.497 e. The van der Waals surface area contributed by atoms with Crippen LogP contribution in [0.5, 0.6) is 5.75 Å². The molecule has 0 N–H and O–H groups in total. The summed E-state index contributed by atoms with van der Waals surface area (Å²) in [5.74, 6) is 1.56. The molecule has 0 aliphatic carbocycles. The van der Waals surface area contributed by atoms with Gasteiger partial charge < -0.3 is 9.64 Å². The molecule has 1 heterocycles. The summed E-state index contributed by atoms with van der Waals surface area (Å²) in [5.41, 5.74) is 1.14. The minimum atomic E-state index is -0.439. The van der Waals surface area contributed by atoms with E-state index in [0.717, 1.165) is 11.5 Å². The molecule has 5 heteroatoms. The van der Waals surface area contributed by atoms with E-state index in [0.29, 0.717) is 23.5 Å². The van der Waals surface area contributed by atoms with Crippen molar-refractivity contribution >= 4 is 29.1 Å². The van der Waals surface area contributed by atoms with Crippen molar-refractivity contribution in [1.82, 2.24) is 0 Å². The molecule has 18 heavy (non-hydrogen) atoms.